The van der Waals surface area contributed by atoms with Crippen molar-refractivity contribution in [2.24, 2.45) is 0 Å². The number of amides is 1. The fourth-order valence-electron chi connectivity index (χ4n) is 4.74. The van der Waals surface area contributed by atoms with Gasteiger partial charge in [-0.3, -0.25) is 9.48 Å². The minimum absolute atomic E-state index is 0.0377. The van der Waals surface area contributed by atoms with Crippen LogP contribution in [0.15, 0.2) is 30.6 Å². The first-order valence-corrected chi connectivity index (χ1v) is 11.8. The van der Waals surface area contributed by atoms with Gasteiger partial charge in [0.2, 0.25) is 11.8 Å². The number of pyridine rings is 3. The van der Waals surface area contributed by atoms with Crippen LogP contribution in [0.1, 0.15) is 16.8 Å². The number of hydrogen-bond donors (Lipinski definition) is 3. The number of aliphatic hydroxyl groups excluding tert-OH is 1. The van der Waals surface area contributed by atoms with Gasteiger partial charge in [-0.25, -0.2) is 15.0 Å². The van der Waals surface area contributed by atoms with Crippen molar-refractivity contribution in [3.8, 4) is 17.1 Å². The molecule has 36 heavy (non-hydrogen) atoms. The van der Waals surface area contributed by atoms with E-state index in [1.807, 2.05) is 25.1 Å². The van der Waals surface area contributed by atoms with E-state index >= 15 is 0 Å². The lowest BCUT2D eigenvalue weighted by molar-refractivity contribution is -0.130. The molecular weight excluding hydrogens is 460 g/mol. The normalized spacial score (nSPS) is 17.4. The molecule has 6 heterocycles. The topological polar surface area (TPSA) is 144 Å². The number of rotatable bonds is 3. The molecule has 0 saturated carbocycles. The Kier molecular flexibility index (Phi) is 5.22. The molecule has 0 bridgehead atoms. The summed E-state index contributed by atoms with van der Waals surface area (Å²) in [6, 6.07) is 5.80. The van der Waals surface area contributed by atoms with Crippen molar-refractivity contribution in [1.29, 1.82) is 0 Å². The summed E-state index contributed by atoms with van der Waals surface area (Å²) in [6.07, 6.45) is 4.09. The Balaban J connectivity index is 1.33. The van der Waals surface area contributed by atoms with Crippen LogP contribution in [0, 0.1) is 6.92 Å². The SMILES string of the molecule is Cc1c(-c2cc3cc(Nc4cc5n(n4)CC(=O)N(C)CC5)ncc3c(N)n2)cnc2c1C[C@H](O)CO2. The fraction of sp³-hybridized carbons (Fsp3) is 0.320. The molecule has 6 rings (SSSR count). The van der Waals surface area contributed by atoms with Gasteiger partial charge < -0.3 is 25.8 Å². The van der Waals surface area contributed by atoms with Gasteiger partial charge in [-0.15, -0.1) is 0 Å². The van der Waals surface area contributed by atoms with Crippen LogP contribution in [0.25, 0.3) is 22.0 Å². The van der Waals surface area contributed by atoms with Crippen LogP contribution >= 0.6 is 0 Å². The molecular formula is C25H26N8O3. The summed E-state index contributed by atoms with van der Waals surface area (Å²) in [7, 11) is 1.81. The van der Waals surface area contributed by atoms with Crippen molar-refractivity contribution in [1.82, 2.24) is 29.6 Å². The third kappa shape index (κ3) is 3.87. The van der Waals surface area contributed by atoms with Gasteiger partial charge in [0.05, 0.1) is 11.8 Å². The summed E-state index contributed by atoms with van der Waals surface area (Å²) in [6.45, 7) is 3.11. The molecule has 11 heteroatoms. The molecule has 0 radical (unpaired) electrons. The lowest BCUT2D eigenvalue weighted by Gasteiger charge is -2.23. The van der Waals surface area contributed by atoms with E-state index in [1.165, 1.54) is 0 Å². The molecule has 2 aliphatic rings. The Morgan fingerprint density at radius 2 is 2.06 bits per heavy atom. The highest BCUT2D eigenvalue weighted by Crippen LogP contribution is 2.34. The molecule has 0 fully saturated rings. The summed E-state index contributed by atoms with van der Waals surface area (Å²) in [5.41, 5.74) is 10.7. The molecule has 2 aliphatic heterocycles. The van der Waals surface area contributed by atoms with Crippen LogP contribution < -0.4 is 15.8 Å². The van der Waals surface area contributed by atoms with E-state index in [2.05, 4.69) is 25.4 Å². The van der Waals surface area contributed by atoms with Crippen molar-refractivity contribution in [2.75, 3.05) is 31.2 Å². The molecule has 1 amide bonds. The summed E-state index contributed by atoms with van der Waals surface area (Å²) >= 11 is 0. The zero-order chi connectivity index (χ0) is 25.0. The number of ether oxygens (including phenoxy) is 1. The number of carbonyl (C=O) groups excluding carboxylic acids is 1. The van der Waals surface area contributed by atoms with E-state index in [9.17, 15) is 9.90 Å². The van der Waals surface area contributed by atoms with Gasteiger partial charge in [0.1, 0.15) is 24.8 Å². The van der Waals surface area contributed by atoms with Crippen molar-refractivity contribution < 1.29 is 14.6 Å². The fourth-order valence-corrected chi connectivity index (χ4v) is 4.74. The molecule has 4 N–H and O–H groups in total. The smallest absolute Gasteiger partial charge is 0.244 e. The zero-order valence-electron chi connectivity index (χ0n) is 20.0. The van der Waals surface area contributed by atoms with E-state index in [-0.39, 0.29) is 19.1 Å². The summed E-state index contributed by atoms with van der Waals surface area (Å²) in [4.78, 5) is 27.4. The maximum Gasteiger partial charge on any atom is 0.244 e. The number of aliphatic hydroxyl groups is 1. The molecule has 0 aromatic carbocycles. The Bertz CT molecular complexity index is 1520. The predicted octanol–water partition coefficient (Wildman–Crippen LogP) is 1.83. The molecule has 4 aromatic heterocycles. The van der Waals surface area contributed by atoms with Gasteiger partial charge in [0.15, 0.2) is 5.82 Å². The molecule has 11 nitrogen and oxygen atoms in total. The Labute approximate surface area is 206 Å². The lowest BCUT2D eigenvalue weighted by Crippen LogP contribution is -2.29. The number of aromatic nitrogens is 5. The van der Waals surface area contributed by atoms with Gasteiger partial charge >= 0.3 is 0 Å². The van der Waals surface area contributed by atoms with Gasteiger partial charge in [-0.05, 0) is 30.0 Å². The number of likely N-dealkylation sites (N-methyl/N-ethyl adjacent to an activating group) is 1. The second-order valence-electron chi connectivity index (χ2n) is 9.30. The highest BCUT2D eigenvalue weighted by Gasteiger charge is 2.23. The zero-order valence-corrected chi connectivity index (χ0v) is 20.0. The highest BCUT2D eigenvalue weighted by molar-refractivity contribution is 5.95. The Morgan fingerprint density at radius 1 is 1.19 bits per heavy atom. The van der Waals surface area contributed by atoms with E-state index in [0.29, 0.717) is 42.0 Å². The van der Waals surface area contributed by atoms with Gasteiger partial charge in [0, 0.05) is 67.1 Å². The number of nitrogens with zero attached hydrogens (tertiary/aromatic N) is 6. The first-order valence-electron chi connectivity index (χ1n) is 11.8. The average Bonchev–Trinajstić information content (AvgIpc) is 3.17. The van der Waals surface area contributed by atoms with Crippen LogP contribution in [0.3, 0.4) is 0 Å². The second kappa shape index (κ2) is 8.45. The van der Waals surface area contributed by atoms with Gasteiger partial charge in [-0.1, -0.05) is 0 Å². The van der Waals surface area contributed by atoms with Gasteiger partial charge in [-0.2, -0.15) is 5.10 Å². The minimum Gasteiger partial charge on any atom is -0.475 e. The molecule has 0 aliphatic carbocycles. The van der Waals surface area contributed by atoms with E-state index in [1.54, 1.807) is 29.0 Å². The average molecular weight is 487 g/mol. The lowest BCUT2D eigenvalue weighted by atomic mass is 9.96. The van der Waals surface area contributed by atoms with Crippen molar-refractivity contribution in [3.63, 3.8) is 0 Å². The van der Waals surface area contributed by atoms with Crippen LogP contribution in [-0.4, -0.2) is 66.9 Å². The molecule has 0 unspecified atom stereocenters. The molecule has 184 valence electrons. The summed E-state index contributed by atoms with van der Waals surface area (Å²) in [5.74, 6) is 2.19. The molecule has 0 saturated heterocycles. The third-order valence-electron chi connectivity index (χ3n) is 6.83. The first-order chi connectivity index (χ1) is 17.4. The Hall–Kier alpha value is -4.25. The van der Waals surface area contributed by atoms with Crippen molar-refractivity contribution >= 4 is 34.1 Å². The van der Waals surface area contributed by atoms with Crippen molar-refractivity contribution in [3.05, 3.63) is 47.4 Å². The molecule has 1 atom stereocenters. The first kappa shape index (κ1) is 22.2. The highest BCUT2D eigenvalue weighted by atomic mass is 16.5. The number of nitrogen functional groups attached to an aromatic ring is 1. The Morgan fingerprint density at radius 3 is 2.92 bits per heavy atom. The monoisotopic (exact) mass is 486 g/mol. The van der Waals surface area contributed by atoms with E-state index in [4.69, 9.17) is 10.5 Å². The second-order valence-corrected chi connectivity index (χ2v) is 9.30. The largest absolute Gasteiger partial charge is 0.475 e. The summed E-state index contributed by atoms with van der Waals surface area (Å²) in [5, 5.41) is 19.4. The molecule has 0 spiro atoms. The standard InChI is InChI=1S/C25H26N8O3/c1-13-17-8-16(34)12-36-25(17)28-9-18(13)20-5-14-6-21(27-10-19(14)24(26)29-20)30-22-7-15-3-4-32(2)23(35)11-33(15)31-22/h5-7,9-10,16,34H,3-4,8,11-12H2,1-2H3,(H2,26,29)(H,27,30,31)/t16-/m0/s1. The maximum atomic E-state index is 12.2. The molecule has 4 aromatic rings. The van der Waals surface area contributed by atoms with Crippen LogP contribution in [0.5, 0.6) is 5.88 Å². The number of anilines is 3. The van der Waals surface area contributed by atoms with Crippen molar-refractivity contribution in [2.45, 2.75) is 32.4 Å². The van der Waals surface area contributed by atoms with Crippen LogP contribution in [0.4, 0.5) is 17.5 Å². The summed E-state index contributed by atoms with van der Waals surface area (Å²) < 4.78 is 7.31. The maximum absolute atomic E-state index is 12.2. The minimum atomic E-state index is -0.556. The number of carbonyl (C=O) groups is 1. The van der Waals surface area contributed by atoms with Crippen LogP contribution in [-0.2, 0) is 24.2 Å². The predicted molar refractivity (Wildman–Crippen MR) is 134 cm³/mol. The van der Waals surface area contributed by atoms with Gasteiger partial charge in [0.25, 0.3) is 0 Å². The quantitative estimate of drug-likeness (QED) is 0.395. The third-order valence-corrected chi connectivity index (χ3v) is 6.83. The van der Waals surface area contributed by atoms with E-state index < -0.39 is 6.10 Å². The van der Waals surface area contributed by atoms with E-state index in [0.717, 1.165) is 39.6 Å². The van der Waals surface area contributed by atoms with Crippen LogP contribution in [0.2, 0.25) is 0 Å². The number of nitrogens with one attached hydrogen (secondary N) is 1. The number of nitrogens with two attached hydrogens (primary N) is 1. The number of hydrogen-bond acceptors (Lipinski definition) is 9. The number of fused-ring (bicyclic) bond motifs is 3.